The molecule has 12 heteroatoms. The largest absolute Gasteiger partial charge is 0.401 e. The third-order valence-electron chi connectivity index (χ3n) is 6.05. The Bertz CT molecular complexity index is 1410. The zero-order valence-corrected chi connectivity index (χ0v) is 20.9. The summed E-state index contributed by atoms with van der Waals surface area (Å²) in [6.07, 6.45) is 6.71. The summed E-state index contributed by atoms with van der Waals surface area (Å²) in [5, 5.41) is 4.65. The second-order valence-electron chi connectivity index (χ2n) is 8.30. The molecule has 1 aliphatic heterocycles. The van der Waals surface area contributed by atoms with Gasteiger partial charge in [-0.15, -0.1) is 4.73 Å². The second-order valence-corrected chi connectivity index (χ2v) is 9.81. The van der Waals surface area contributed by atoms with Gasteiger partial charge in [-0.05, 0) is 38.0 Å². The number of aromatic nitrogens is 5. The molecule has 0 bridgehead atoms. The molecule has 34 heavy (non-hydrogen) atoms. The monoisotopic (exact) mass is 522 g/mol. The van der Waals surface area contributed by atoms with Gasteiger partial charge in [0.15, 0.2) is 11.8 Å². The van der Waals surface area contributed by atoms with Crippen LogP contribution in [0, 0.1) is 5.82 Å². The topological polar surface area (TPSA) is 81.0 Å². The van der Waals surface area contributed by atoms with Gasteiger partial charge in [0, 0.05) is 47.2 Å². The highest BCUT2D eigenvalue weighted by Gasteiger charge is 2.22. The molecule has 0 aliphatic carbocycles. The van der Waals surface area contributed by atoms with E-state index in [1.165, 1.54) is 12.1 Å². The minimum absolute atomic E-state index is 0.147. The highest BCUT2D eigenvalue weighted by Crippen LogP contribution is 2.33. The molecule has 5 rings (SSSR count). The van der Waals surface area contributed by atoms with Crippen LogP contribution in [-0.2, 0) is 0 Å². The number of rotatable bonds is 5. The first-order chi connectivity index (χ1) is 16.3. The second kappa shape index (κ2) is 9.30. The summed E-state index contributed by atoms with van der Waals surface area (Å²) in [6.45, 7) is 3.64. The molecule has 0 spiro atoms. The van der Waals surface area contributed by atoms with Crippen LogP contribution < -0.4 is 10.5 Å². The summed E-state index contributed by atoms with van der Waals surface area (Å²) in [4.78, 5) is 25.5. The van der Waals surface area contributed by atoms with E-state index in [4.69, 9.17) is 28.0 Å². The van der Waals surface area contributed by atoms with Crippen LogP contribution in [-0.4, -0.2) is 42.2 Å². The molecular weight excluding hydrogens is 501 g/mol. The lowest BCUT2D eigenvalue weighted by molar-refractivity contribution is 0.0492. The number of nitrogens with one attached hydrogen (secondary N) is 1. The molecule has 1 saturated heterocycles. The van der Waals surface area contributed by atoms with Crippen molar-refractivity contribution in [3.63, 3.8) is 0 Å². The fourth-order valence-electron chi connectivity index (χ4n) is 4.19. The Labute approximate surface area is 206 Å². The van der Waals surface area contributed by atoms with E-state index < -0.39 is 17.6 Å². The highest BCUT2D eigenvalue weighted by atomic mass is 35.5. The van der Waals surface area contributed by atoms with Crippen molar-refractivity contribution in [2.75, 3.05) is 13.1 Å². The Kier molecular flexibility index (Phi) is 6.37. The summed E-state index contributed by atoms with van der Waals surface area (Å²) >= 11 is 12.3. The first-order valence-corrected chi connectivity index (χ1v) is 12.0. The maximum absolute atomic E-state index is 14.0. The molecule has 1 aliphatic rings. The number of hydrogen-bond acceptors (Lipinski definition) is 5. The fourth-order valence-corrected chi connectivity index (χ4v) is 5.17. The Balaban J connectivity index is 1.46. The number of hydrogen-bond donors (Lipinski definition) is 1. The molecule has 2 unspecified atom stereocenters. The number of fused-ring (bicyclic) bond motifs is 1. The zero-order chi connectivity index (χ0) is 24.0. The number of benzene rings is 1. The smallest absolute Gasteiger partial charge is 0.360 e. The molecule has 1 fully saturated rings. The maximum atomic E-state index is 14.0. The lowest BCUT2D eigenvalue weighted by Crippen LogP contribution is -2.27. The van der Waals surface area contributed by atoms with Crippen molar-refractivity contribution in [1.29, 1.82) is 0 Å². The van der Waals surface area contributed by atoms with Crippen molar-refractivity contribution < 1.29 is 9.23 Å². The number of aromatic amines is 1. The van der Waals surface area contributed by atoms with Crippen molar-refractivity contribution in [2.24, 2.45) is 0 Å². The van der Waals surface area contributed by atoms with E-state index in [0.717, 1.165) is 41.8 Å². The normalized spacial score (nSPS) is 16.3. The molecule has 0 saturated carbocycles. The molecule has 1 N–H and O–H groups in total. The van der Waals surface area contributed by atoms with Crippen LogP contribution >= 0.6 is 32.6 Å². The summed E-state index contributed by atoms with van der Waals surface area (Å²) in [5.41, 5.74) is 2.20. The van der Waals surface area contributed by atoms with Crippen LogP contribution in [0.4, 0.5) is 4.39 Å². The van der Waals surface area contributed by atoms with Crippen LogP contribution in [0.15, 0.2) is 41.6 Å². The molecule has 0 radical (unpaired) electrons. The molecular formula is C22H22Cl2FN6O2P. The maximum Gasteiger partial charge on any atom is 0.360 e. The van der Waals surface area contributed by atoms with Gasteiger partial charge in [0.25, 0.3) is 0 Å². The standard InChI is InChI=1S/C22H22Cl2FN6O2P/c1-12(19-16(23)2-3-17(25)20(19)24)33-31-18-8-13(9-26-21(18)28-22(31)32)14-10-27-30(11-14)15-4-6-29(34)7-5-15/h2-3,8-12,15H,4-7,34H2,1H3,(H,26,28,32). The molecule has 8 nitrogen and oxygen atoms in total. The molecule has 4 heterocycles. The van der Waals surface area contributed by atoms with Crippen LogP contribution in [0.2, 0.25) is 10.0 Å². The molecule has 3 aromatic heterocycles. The van der Waals surface area contributed by atoms with Gasteiger partial charge in [-0.3, -0.25) is 14.3 Å². The Morgan fingerprint density at radius 3 is 2.76 bits per heavy atom. The van der Waals surface area contributed by atoms with E-state index in [2.05, 4.69) is 29.1 Å². The van der Waals surface area contributed by atoms with Crippen LogP contribution in [0.1, 0.15) is 37.5 Å². The fraction of sp³-hybridized carbons (Fsp3) is 0.318. The van der Waals surface area contributed by atoms with E-state index >= 15 is 0 Å². The Morgan fingerprint density at radius 2 is 2.00 bits per heavy atom. The van der Waals surface area contributed by atoms with Crippen LogP contribution in [0.5, 0.6) is 0 Å². The lowest BCUT2D eigenvalue weighted by atomic mass is 10.1. The minimum atomic E-state index is -0.804. The number of halogens is 3. The van der Waals surface area contributed by atoms with Gasteiger partial charge in [-0.1, -0.05) is 32.6 Å². The van der Waals surface area contributed by atoms with Gasteiger partial charge < -0.3 is 4.84 Å². The third kappa shape index (κ3) is 4.33. The summed E-state index contributed by atoms with van der Waals surface area (Å²) in [5.74, 6) is -0.618. The number of nitrogens with zero attached hydrogens (tertiary/aromatic N) is 5. The molecule has 0 amide bonds. The van der Waals surface area contributed by atoms with E-state index in [1.54, 1.807) is 25.4 Å². The van der Waals surface area contributed by atoms with E-state index in [9.17, 15) is 9.18 Å². The SMILES string of the molecule is CC(On1c(=O)[nH]c2ncc(-c3cnn(C4CCN(P)CC4)c3)cc21)c1c(Cl)ccc(F)c1Cl. The highest BCUT2D eigenvalue weighted by molar-refractivity contribution is 7.13. The van der Waals surface area contributed by atoms with Gasteiger partial charge in [-0.2, -0.15) is 5.10 Å². The molecule has 4 aromatic rings. The first-order valence-electron chi connectivity index (χ1n) is 10.8. The number of pyridine rings is 1. The van der Waals surface area contributed by atoms with Gasteiger partial charge >= 0.3 is 5.69 Å². The van der Waals surface area contributed by atoms with Gasteiger partial charge in [-0.25, -0.2) is 14.2 Å². The number of imidazole rings is 1. The molecule has 1 aromatic carbocycles. The molecule has 2 atom stereocenters. The average Bonchev–Trinajstić information content (AvgIpc) is 3.42. The number of H-pyrrole nitrogens is 1. The summed E-state index contributed by atoms with van der Waals surface area (Å²) in [6, 6.07) is 4.72. The first kappa shape index (κ1) is 23.3. The van der Waals surface area contributed by atoms with Crippen LogP contribution in [0.25, 0.3) is 22.3 Å². The van der Waals surface area contributed by atoms with E-state index in [1.807, 2.05) is 10.9 Å². The van der Waals surface area contributed by atoms with E-state index in [0.29, 0.717) is 17.2 Å². The third-order valence-corrected chi connectivity index (χ3v) is 7.28. The van der Waals surface area contributed by atoms with E-state index in [-0.39, 0.29) is 15.6 Å². The summed E-state index contributed by atoms with van der Waals surface area (Å²) < 4.78 is 19.3. The Morgan fingerprint density at radius 1 is 1.24 bits per heavy atom. The number of piperidine rings is 1. The predicted octanol–water partition coefficient (Wildman–Crippen LogP) is 4.65. The lowest BCUT2D eigenvalue weighted by Gasteiger charge is -2.28. The van der Waals surface area contributed by atoms with Crippen molar-refractivity contribution >= 4 is 43.8 Å². The van der Waals surface area contributed by atoms with Gasteiger partial charge in [0.1, 0.15) is 11.3 Å². The predicted molar refractivity (Wildman–Crippen MR) is 133 cm³/mol. The van der Waals surface area contributed by atoms with Crippen molar-refractivity contribution in [3.8, 4) is 11.1 Å². The van der Waals surface area contributed by atoms with Crippen LogP contribution in [0.3, 0.4) is 0 Å². The zero-order valence-electron chi connectivity index (χ0n) is 18.2. The van der Waals surface area contributed by atoms with Crippen molar-refractivity contribution in [3.05, 3.63) is 68.7 Å². The van der Waals surface area contributed by atoms with Gasteiger partial charge in [0.05, 0.1) is 17.3 Å². The molecule has 178 valence electrons. The van der Waals surface area contributed by atoms with Crippen molar-refractivity contribution in [1.82, 2.24) is 29.1 Å². The average molecular weight is 523 g/mol. The quantitative estimate of drug-likeness (QED) is 0.304. The van der Waals surface area contributed by atoms with Gasteiger partial charge in [0.2, 0.25) is 0 Å². The Hall–Kier alpha value is -2.45. The van der Waals surface area contributed by atoms with Crippen molar-refractivity contribution in [2.45, 2.75) is 31.9 Å². The minimum Gasteiger partial charge on any atom is -0.401 e. The summed E-state index contributed by atoms with van der Waals surface area (Å²) in [7, 11) is 2.75.